The number of anilines is 2. The van der Waals surface area contributed by atoms with Gasteiger partial charge in [0.05, 0.1) is 23.4 Å². The number of carbonyl (C=O) groups is 1. The number of imidazole rings is 1. The maximum atomic E-state index is 11.8. The van der Waals surface area contributed by atoms with Gasteiger partial charge in [-0.3, -0.25) is 0 Å². The number of aromatic nitrogens is 2. The van der Waals surface area contributed by atoms with Crippen molar-refractivity contribution in [3.63, 3.8) is 0 Å². The number of benzene rings is 1. The number of aryl methyl sites for hydroxylation is 1. The quantitative estimate of drug-likeness (QED) is 0.653. The normalized spacial score (nSPS) is 10.4. The average molecular weight is 309 g/mol. The molecule has 0 bridgehead atoms. The van der Waals surface area contributed by atoms with Crippen LogP contribution in [-0.4, -0.2) is 29.2 Å². The number of halogens is 1. The van der Waals surface area contributed by atoms with Gasteiger partial charge in [-0.25, -0.2) is 9.78 Å². The Labute approximate surface area is 127 Å². The van der Waals surface area contributed by atoms with Crippen molar-refractivity contribution in [1.82, 2.24) is 9.55 Å². The Balaban J connectivity index is 2.15. The number of hydrogen-bond donors (Lipinski definition) is 2. The maximum absolute atomic E-state index is 11.8. The summed E-state index contributed by atoms with van der Waals surface area (Å²) in [5.74, 6) is 0.456. The van der Waals surface area contributed by atoms with E-state index in [1.54, 1.807) is 18.3 Å². The number of esters is 1. The van der Waals surface area contributed by atoms with E-state index in [1.165, 1.54) is 7.11 Å². The smallest absolute Gasteiger partial charge is 0.340 e. The molecule has 0 saturated carbocycles. The Morgan fingerprint density at radius 3 is 2.90 bits per heavy atom. The molecule has 0 aliphatic rings. The molecule has 0 amide bonds. The molecule has 21 heavy (non-hydrogen) atoms. The molecule has 3 N–H and O–H groups in total. The molecule has 0 aliphatic carbocycles. The van der Waals surface area contributed by atoms with Gasteiger partial charge < -0.3 is 20.4 Å². The van der Waals surface area contributed by atoms with Crippen LogP contribution in [0.4, 0.5) is 11.4 Å². The second-order valence-corrected chi connectivity index (χ2v) is 4.96. The lowest BCUT2D eigenvalue weighted by molar-refractivity contribution is 0.0602. The van der Waals surface area contributed by atoms with Gasteiger partial charge in [0.15, 0.2) is 0 Å². The van der Waals surface area contributed by atoms with Crippen molar-refractivity contribution in [2.45, 2.75) is 6.42 Å². The summed E-state index contributed by atoms with van der Waals surface area (Å²) in [4.78, 5) is 16.0. The molecule has 0 aliphatic heterocycles. The molecule has 112 valence electrons. The van der Waals surface area contributed by atoms with Gasteiger partial charge in [0.1, 0.15) is 5.82 Å². The molecule has 2 rings (SSSR count). The van der Waals surface area contributed by atoms with E-state index in [2.05, 4.69) is 10.3 Å². The zero-order valence-corrected chi connectivity index (χ0v) is 12.6. The highest BCUT2D eigenvalue weighted by Crippen LogP contribution is 2.29. The second-order valence-electron chi connectivity index (χ2n) is 4.55. The fourth-order valence-corrected chi connectivity index (χ4v) is 2.31. The Morgan fingerprint density at radius 1 is 1.52 bits per heavy atom. The summed E-state index contributed by atoms with van der Waals surface area (Å²) in [6, 6.07) is 3.14. The van der Waals surface area contributed by atoms with Gasteiger partial charge in [-0.15, -0.1) is 0 Å². The van der Waals surface area contributed by atoms with E-state index in [0.717, 1.165) is 5.82 Å². The highest BCUT2D eigenvalue weighted by molar-refractivity contribution is 6.34. The molecule has 1 aromatic heterocycles. The van der Waals surface area contributed by atoms with Crippen LogP contribution in [0.3, 0.4) is 0 Å². The van der Waals surface area contributed by atoms with Crippen LogP contribution in [0.1, 0.15) is 16.2 Å². The monoisotopic (exact) mass is 308 g/mol. The molecule has 0 spiro atoms. The second kappa shape index (κ2) is 6.49. The third-order valence-electron chi connectivity index (χ3n) is 3.09. The fourth-order valence-electron chi connectivity index (χ4n) is 2.01. The Bertz CT molecular complexity index is 654. The number of nitrogen functional groups attached to an aromatic ring is 1. The highest BCUT2D eigenvalue weighted by atomic mass is 35.5. The molecule has 0 unspecified atom stereocenters. The van der Waals surface area contributed by atoms with Crippen molar-refractivity contribution in [2.75, 3.05) is 24.7 Å². The summed E-state index contributed by atoms with van der Waals surface area (Å²) in [6.45, 7) is 0.582. The van der Waals surface area contributed by atoms with E-state index in [9.17, 15) is 4.79 Å². The molecule has 7 heteroatoms. The van der Waals surface area contributed by atoms with E-state index in [4.69, 9.17) is 22.1 Å². The predicted octanol–water partition coefficient (Wildman–Crippen LogP) is 2.10. The van der Waals surface area contributed by atoms with Gasteiger partial charge in [-0.2, -0.15) is 0 Å². The van der Waals surface area contributed by atoms with Gasteiger partial charge in [0.25, 0.3) is 0 Å². The lowest BCUT2D eigenvalue weighted by Gasteiger charge is -2.13. The number of nitrogens with zero attached hydrogens (tertiary/aromatic N) is 2. The summed E-state index contributed by atoms with van der Waals surface area (Å²) >= 11 is 6.16. The first-order valence-corrected chi connectivity index (χ1v) is 6.78. The minimum absolute atomic E-state index is 0.322. The van der Waals surface area contributed by atoms with Crippen LogP contribution in [0.2, 0.25) is 5.02 Å². The van der Waals surface area contributed by atoms with Gasteiger partial charge >= 0.3 is 5.97 Å². The standard InChI is InChI=1S/C14H17ClN4O2/c1-19-6-5-17-12(19)3-4-18-13-10(14(20)21-2)7-9(16)8-11(13)15/h5-8,18H,3-4,16H2,1-2H3. The largest absolute Gasteiger partial charge is 0.465 e. The minimum Gasteiger partial charge on any atom is -0.465 e. The van der Waals surface area contributed by atoms with Crippen molar-refractivity contribution in [2.24, 2.45) is 7.05 Å². The molecule has 1 heterocycles. The van der Waals surface area contributed by atoms with Gasteiger partial charge in [0.2, 0.25) is 0 Å². The SMILES string of the molecule is COC(=O)c1cc(N)cc(Cl)c1NCCc1nccn1C. The maximum Gasteiger partial charge on any atom is 0.340 e. The lowest BCUT2D eigenvalue weighted by Crippen LogP contribution is -2.13. The molecule has 0 radical (unpaired) electrons. The third kappa shape index (κ3) is 3.46. The number of rotatable bonds is 5. The summed E-state index contributed by atoms with van der Waals surface area (Å²) in [7, 11) is 3.25. The zero-order chi connectivity index (χ0) is 15.4. The van der Waals surface area contributed by atoms with Crippen LogP contribution in [-0.2, 0) is 18.2 Å². The van der Waals surface area contributed by atoms with E-state index < -0.39 is 5.97 Å². The van der Waals surface area contributed by atoms with Crippen LogP contribution < -0.4 is 11.1 Å². The van der Waals surface area contributed by atoms with E-state index in [-0.39, 0.29) is 0 Å². The number of methoxy groups -OCH3 is 1. The van der Waals surface area contributed by atoms with Gasteiger partial charge in [-0.05, 0) is 12.1 Å². The molecule has 0 fully saturated rings. The molecular weight excluding hydrogens is 292 g/mol. The van der Waals surface area contributed by atoms with Crippen molar-refractivity contribution in [3.05, 3.63) is 40.9 Å². The van der Waals surface area contributed by atoms with Gasteiger partial charge in [0, 0.05) is 38.1 Å². The Kier molecular flexibility index (Phi) is 4.70. The van der Waals surface area contributed by atoms with Crippen LogP contribution in [0.25, 0.3) is 0 Å². The van der Waals surface area contributed by atoms with Crippen molar-refractivity contribution in [1.29, 1.82) is 0 Å². The first kappa shape index (κ1) is 15.2. The summed E-state index contributed by atoms with van der Waals surface area (Å²) < 4.78 is 6.69. The van der Waals surface area contributed by atoms with E-state index >= 15 is 0 Å². The van der Waals surface area contributed by atoms with Crippen LogP contribution in [0.5, 0.6) is 0 Å². The molecular formula is C14H17ClN4O2. The topological polar surface area (TPSA) is 82.2 Å². The van der Waals surface area contributed by atoms with Gasteiger partial charge in [-0.1, -0.05) is 11.6 Å². The van der Waals surface area contributed by atoms with Crippen molar-refractivity contribution >= 4 is 28.9 Å². The lowest BCUT2D eigenvalue weighted by atomic mass is 10.1. The average Bonchev–Trinajstić information content (AvgIpc) is 2.85. The number of ether oxygens (including phenoxy) is 1. The van der Waals surface area contributed by atoms with E-state index in [1.807, 2.05) is 17.8 Å². The minimum atomic E-state index is -0.483. The Hall–Kier alpha value is -2.21. The first-order chi connectivity index (χ1) is 10.0. The van der Waals surface area contributed by atoms with E-state index in [0.29, 0.717) is 34.9 Å². The molecule has 1 aromatic carbocycles. The zero-order valence-electron chi connectivity index (χ0n) is 11.9. The summed E-state index contributed by atoms with van der Waals surface area (Å²) in [5, 5.41) is 3.53. The first-order valence-electron chi connectivity index (χ1n) is 6.40. The predicted molar refractivity (Wildman–Crippen MR) is 82.6 cm³/mol. The summed E-state index contributed by atoms with van der Waals surface area (Å²) in [6.07, 6.45) is 4.32. The summed E-state index contributed by atoms with van der Waals surface area (Å²) in [5.41, 5.74) is 6.97. The molecule has 0 saturated heterocycles. The molecule has 2 aromatic rings. The molecule has 6 nitrogen and oxygen atoms in total. The number of carbonyl (C=O) groups excluding carboxylic acids is 1. The number of nitrogens with one attached hydrogen (secondary N) is 1. The third-order valence-corrected chi connectivity index (χ3v) is 3.39. The fraction of sp³-hybridized carbons (Fsp3) is 0.286. The number of hydrogen-bond acceptors (Lipinski definition) is 5. The van der Waals surface area contributed by atoms with Crippen molar-refractivity contribution < 1.29 is 9.53 Å². The molecule has 0 atom stereocenters. The Morgan fingerprint density at radius 2 is 2.29 bits per heavy atom. The van der Waals surface area contributed by atoms with Crippen LogP contribution in [0.15, 0.2) is 24.5 Å². The highest BCUT2D eigenvalue weighted by Gasteiger charge is 2.16. The van der Waals surface area contributed by atoms with Crippen LogP contribution >= 0.6 is 11.6 Å². The van der Waals surface area contributed by atoms with Crippen LogP contribution in [0, 0.1) is 0 Å². The number of nitrogens with two attached hydrogens (primary N) is 1. The van der Waals surface area contributed by atoms with Crippen molar-refractivity contribution in [3.8, 4) is 0 Å².